The summed E-state index contributed by atoms with van der Waals surface area (Å²) < 4.78 is 5.77. The third-order valence-electron chi connectivity index (χ3n) is 4.21. The number of hydrogen-bond donors (Lipinski definition) is 1. The van der Waals surface area contributed by atoms with Gasteiger partial charge >= 0.3 is 0 Å². The second-order valence-electron chi connectivity index (χ2n) is 6.85. The monoisotopic (exact) mass is 315 g/mol. The van der Waals surface area contributed by atoms with Crippen LogP contribution in [0, 0.1) is 11.3 Å². The topological polar surface area (TPSA) is 65.4 Å². The highest BCUT2D eigenvalue weighted by Crippen LogP contribution is 2.20. The van der Waals surface area contributed by atoms with E-state index in [9.17, 15) is 4.79 Å². The third-order valence-corrected chi connectivity index (χ3v) is 4.21. The Morgan fingerprint density at radius 1 is 1.39 bits per heavy atom. The van der Waals surface area contributed by atoms with Crippen molar-refractivity contribution in [2.45, 2.75) is 45.4 Å². The zero-order valence-corrected chi connectivity index (χ0v) is 14.3. The van der Waals surface area contributed by atoms with E-state index >= 15 is 0 Å². The molecule has 124 valence electrons. The average molecular weight is 315 g/mol. The predicted octanol–water partition coefficient (Wildman–Crippen LogP) is 2.18. The number of amides is 1. The van der Waals surface area contributed by atoms with Crippen LogP contribution in [-0.4, -0.2) is 48.2 Å². The van der Waals surface area contributed by atoms with Gasteiger partial charge in [0, 0.05) is 30.7 Å². The van der Waals surface area contributed by atoms with E-state index in [4.69, 9.17) is 10.00 Å². The molecular formula is C18H25N3O2. The molecule has 5 heteroatoms. The molecule has 0 bridgehead atoms. The molecule has 1 aromatic carbocycles. The van der Waals surface area contributed by atoms with E-state index in [0.29, 0.717) is 17.7 Å². The second-order valence-corrected chi connectivity index (χ2v) is 6.85. The van der Waals surface area contributed by atoms with Gasteiger partial charge < -0.3 is 10.1 Å². The maximum atomic E-state index is 12.3. The summed E-state index contributed by atoms with van der Waals surface area (Å²) in [7, 11) is 0. The molecule has 1 N–H and O–H groups in total. The van der Waals surface area contributed by atoms with Crippen molar-refractivity contribution in [1.82, 2.24) is 10.2 Å². The molecule has 0 radical (unpaired) electrons. The number of carbonyl (C=O) groups is 1. The summed E-state index contributed by atoms with van der Waals surface area (Å²) in [5.74, 6) is -0.149. The summed E-state index contributed by atoms with van der Waals surface area (Å²) in [6.07, 6.45) is 0.391. The van der Waals surface area contributed by atoms with Crippen LogP contribution < -0.4 is 5.32 Å². The largest absolute Gasteiger partial charge is 0.373 e. The fourth-order valence-corrected chi connectivity index (χ4v) is 2.91. The van der Waals surface area contributed by atoms with Crippen molar-refractivity contribution in [3.05, 3.63) is 35.4 Å². The highest BCUT2D eigenvalue weighted by molar-refractivity contribution is 5.94. The van der Waals surface area contributed by atoms with Crippen LogP contribution >= 0.6 is 0 Å². The van der Waals surface area contributed by atoms with Gasteiger partial charge in [0.2, 0.25) is 0 Å². The molecule has 2 atom stereocenters. The van der Waals surface area contributed by atoms with Gasteiger partial charge in [0.15, 0.2) is 0 Å². The summed E-state index contributed by atoms with van der Waals surface area (Å²) in [6.45, 7) is 10.7. The van der Waals surface area contributed by atoms with Crippen molar-refractivity contribution < 1.29 is 9.53 Å². The number of rotatable bonds is 4. The highest BCUT2D eigenvalue weighted by Gasteiger charge is 2.33. The van der Waals surface area contributed by atoms with Gasteiger partial charge in [0.05, 0.1) is 23.8 Å². The molecule has 1 aliphatic heterocycles. The molecule has 5 nitrogen and oxygen atoms in total. The number of morpholine rings is 1. The Balaban J connectivity index is 1.98. The minimum Gasteiger partial charge on any atom is -0.373 e. The van der Waals surface area contributed by atoms with E-state index in [1.807, 2.05) is 0 Å². The first-order valence-corrected chi connectivity index (χ1v) is 8.00. The highest BCUT2D eigenvalue weighted by atomic mass is 16.5. The van der Waals surface area contributed by atoms with Crippen LogP contribution in [0.3, 0.4) is 0 Å². The van der Waals surface area contributed by atoms with Crippen molar-refractivity contribution in [2.75, 3.05) is 19.6 Å². The first-order chi connectivity index (χ1) is 10.8. The van der Waals surface area contributed by atoms with Gasteiger partial charge in [-0.15, -0.1) is 0 Å². The van der Waals surface area contributed by atoms with Crippen molar-refractivity contribution in [3.8, 4) is 6.07 Å². The Bertz CT molecular complexity index is 597. The van der Waals surface area contributed by atoms with Gasteiger partial charge in [0.1, 0.15) is 0 Å². The number of benzene rings is 1. The molecule has 0 saturated carbocycles. The van der Waals surface area contributed by atoms with E-state index in [2.05, 4.69) is 44.0 Å². The molecule has 1 aromatic rings. The fraction of sp³-hybridized carbons (Fsp3) is 0.556. The van der Waals surface area contributed by atoms with Crippen molar-refractivity contribution >= 4 is 5.91 Å². The maximum absolute atomic E-state index is 12.3. The number of nitrogens with one attached hydrogen (secondary N) is 1. The van der Waals surface area contributed by atoms with E-state index in [-0.39, 0.29) is 23.7 Å². The molecular weight excluding hydrogens is 290 g/mol. The van der Waals surface area contributed by atoms with Crippen molar-refractivity contribution in [1.29, 1.82) is 5.26 Å². The van der Waals surface area contributed by atoms with E-state index in [1.54, 1.807) is 24.3 Å². The molecule has 1 saturated heterocycles. The molecule has 1 amide bonds. The molecule has 1 heterocycles. The predicted molar refractivity (Wildman–Crippen MR) is 89.2 cm³/mol. The standard InChI is InChI=1S/C18H25N3O2/c1-13-10-21(11-14(2)23-13)18(3,4)12-20-17(22)16-7-5-6-15(8-16)9-19/h5-8,13-14H,10-12H2,1-4H3,(H,20,22)/t13-,14-/m0/s1. The van der Waals surface area contributed by atoms with Crippen LogP contribution in [0.25, 0.3) is 0 Å². The lowest BCUT2D eigenvalue weighted by Crippen LogP contribution is -2.58. The molecule has 0 aromatic heterocycles. The third kappa shape index (κ3) is 4.54. The number of carbonyl (C=O) groups excluding carboxylic acids is 1. The number of ether oxygens (including phenoxy) is 1. The second kappa shape index (κ2) is 7.12. The summed E-state index contributed by atoms with van der Waals surface area (Å²) in [5, 5.41) is 11.9. The SMILES string of the molecule is C[C@H]1CN(C(C)(C)CNC(=O)c2cccc(C#N)c2)C[C@H](C)O1. The Hall–Kier alpha value is -1.90. The fourth-order valence-electron chi connectivity index (χ4n) is 2.91. The average Bonchev–Trinajstić information content (AvgIpc) is 2.52. The Kier molecular flexibility index (Phi) is 5.40. The van der Waals surface area contributed by atoms with Gasteiger partial charge in [-0.3, -0.25) is 9.69 Å². The number of nitriles is 1. The summed E-state index contributed by atoms with van der Waals surface area (Å²) >= 11 is 0. The molecule has 1 aliphatic rings. The summed E-state index contributed by atoms with van der Waals surface area (Å²) in [5.41, 5.74) is 0.853. The first kappa shape index (κ1) is 17.5. The summed E-state index contributed by atoms with van der Waals surface area (Å²) in [6, 6.07) is 8.81. The van der Waals surface area contributed by atoms with E-state index < -0.39 is 0 Å². The molecule has 1 fully saturated rings. The lowest BCUT2D eigenvalue weighted by molar-refractivity contribution is -0.0948. The van der Waals surface area contributed by atoms with Gasteiger partial charge in [0.25, 0.3) is 5.91 Å². The summed E-state index contributed by atoms with van der Waals surface area (Å²) in [4.78, 5) is 14.7. The zero-order valence-electron chi connectivity index (χ0n) is 14.3. The van der Waals surface area contributed by atoms with Gasteiger partial charge in [-0.1, -0.05) is 6.07 Å². The number of hydrogen-bond acceptors (Lipinski definition) is 4. The lowest BCUT2D eigenvalue weighted by Gasteiger charge is -2.45. The van der Waals surface area contributed by atoms with Crippen molar-refractivity contribution in [3.63, 3.8) is 0 Å². The van der Waals surface area contributed by atoms with Crippen LogP contribution in [0.4, 0.5) is 0 Å². The Labute approximate surface area is 138 Å². The van der Waals surface area contributed by atoms with Gasteiger partial charge in [-0.25, -0.2) is 0 Å². The molecule has 0 unspecified atom stereocenters. The maximum Gasteiger partial charge on any atom is 0.251 e. The van der Waals surface area contributed by atoms with Crippen LogP contribution in [0.5, 0.6) is 0 Å². The minimum atomic E-state index is -0.158. The van der Waals surface area contributed by atoms with Crippen molar-refractivity contribution in [2.24, 2.45) is 0 Å². The smallest absolute Gasteiger partial charge is 0.251 e. The zero-order chi connectivity index (χ0) is 17.0. The normalized spacial score (nSPS) is 22.4. The quantitative estimate of drug-likeness (QED) is 0.925. The Morgan fingerprint density at radius 3 is 2.65 bits per heavy atom. The molecule has 0 spiro atoms. The van der Waals surface area contributed by atoms with Gasteiger partial charge in [-0.2, -0.15) is 5.26 Å². The van der Waals surface area contributed by atoms with Crippen LogP contribution in [0.2, 0.25) is 0 Å². The minimum absolute atomic E-state index is 0.149. The lowest BCUT2D eigenvalue weighted by atomic mass is 9.99. The molecule has 23 heavy (non-hydrogen) atoms. The van der Waals surface area contributed by atoms with Gasteiger partial charge in [-0.05, 0) is 45.9 Å². The molecule has 0 aliphatic carbocycles. The van der Waals surface area contributed by atoms with E-state index in [0.717, 1.165) is 13.1 Å². The first-order valence-electron chi connectivity index (χ1n) is 8.00. The molecule has 2 rings (SSSR count). The van der Waals surface area contributed by atoms with Crippen LogP contribution in [0.15, 0.2) is 24.3 Å². The van der Waals surface area contributed by atoms with E-state index in [1.165, 1.54) is 0 Å². The van der Waals surface area contributed by atoms with Crippen LogP contribution in [-0.2, 0) is 4.74 Å². The number of nitrogens with zero attached hydrogens (tertiary/aromatic N) is 2. The van der Waals surface area contributed by atoms with Crippen LogP contribution in [0.1, 0.15) is 43.6 Å². The Morgan fingerprint density at radius 2 is 2.04 bits per heavy atom.